The molecule has 4 nitrogen and oxygen atoms in total. The predicted molar refractivity (Wildman–Crippen MR) is 103 cm³/mol. The molecule has 1 N–H and O–H groups in total. The van der Waals surface area contributed by atoms with Crippen LogP contribution >= 0.6 is 23.1 Å². The maximum atomic E-state index is 12.2. The lowest BCUT2D eigenvalue weighted by Crippen LogP contribution is -2.42. The number of thioether (sulfide) groups is 1. The van der Waals surface area contributed by atoms with Crippen molar-refractivity contribution in [2.75, 3.05) is 5.75 Å². The molecule has 0 aliphatic heterocycles. The average Bonchev–Trinajstić information content (AvgIpc) is 3.03. The van der Waals surface area contributed by atoms with Gasteiger partial charge in [0.1, 0.15) is 0 Å². The maximum absolute atomic E-state index is 12.2. The molecule has 0 unspecified atom stereocenters. The quantitative estimate of drug-likeness (QED) is 0.644. The van der Waals surface area contributed by atoms with E-state index in [4.69, 9.17) is 0 Å². The van der Waals surface area contributed by atoms with E-state index in [1.165, 1.54) is 18.7 Å². The van der Waals surface area contributed by atoms with Crippen LogP contribution in [0.15, 0.2) is 58.9 Å². The van der Waals surface area contributed by atoms with Gasteiger partial charge in [-0.2, -0.15) is 0 Å². The van der Waals surface area contributed by atoms with Gasteiger partial charge < -0.3 is 5.32 Å². The Hall–Kier alpha value is -2.18. The molecule has 0 saturated carbocycles. The molecular formula is C19H18N2O2S2. The normalized spacial score (nSPS) is 12.0. The van der Waals surface area contributed by atoms with E-state index in [0.29, 0.717) is 6.42 Å². The molecule has 1 atom stereocenters. The predicted octanol–water partition coefficient (Wildman–Crippen LogP) is 3.70. The number of aromatic nitrogens is 1. The van der Waals surface area contributed by atoms with Gasteiger partial charge in [0, 0.05) is 0 Å². The van der Waals surface area contributed by atoms with Crippen molar-refractivity contribution in [1.82, 2.24) is 10.3 Å². The number of Topliss-reactive ketones (excluding diaryl/α,β-unsaturated/α-hetero) is 1. The van der Waals surface area contributed by atoms with Crippen molar-refractivity contribution in [1.29, 1.82) is 0 Å². The Balaban J connectivity index is 1.57. The van der Waals surface area contributed by atoms with Gasteiger partial charge in [-0.3, -0.25) is 9.59 Å². The number of hydrogen-bond acceptors (Lipinski definition) is 5. The molecule has 0 aliphatic rings. The van der Waals surface area contributed by atoms with Crippen LogP contribution in [0, 0.1) is 0 Å². The van der Waals surface area contributed by atoms with E-state index in [0.717, 1.165) is 20.1 Å². The van der Waals surface area contributed by atoms with Crippen molar-refractivity contribution in [3.63, 3.8) is 0 Å². The van der Waals surface area contributed by atoms with Crippen molar-refractivity contribution < 1.29 is 9.59 Å². The highest BCUT2D eigenvalue weighted by Crippen LogP contribution is 2.29. The smallest absolute Gasteiger partial charge is 0.231 e. The molecule has 1 aromatic heterocycles. The van der Waals surface area contributed by atoms with Gasteiger partial charge in [0.05, 0.1) is 22.0 Å². The Morgan fingerprint density at radius 3 is 2.56 bits per heavy atom. The van der Waals surface area contributed by atoms with Crippen LogP contribution in [0.25, 0.3) is 10.2 Å². The zero-order valence-electron chi connectivity index (χ0n) is 13.8. The summed E-state index contributed by atoms with van der Waals surface area (Å²) in [4.78, 5) is 28.6. The maximum Gasteiger partial charge on any atom is 0.231 e. The Labute approximate surface area is 154 Å². The van der Waals surface area contributed by atoms with Crippen LogP contribution in [0.4, 0.5) is 0 Å². The molecule has 0 aliphatic carbocycles. The molecule has 0 spiro atoms. The SMILES string of the molecule is CC(=O)[C@H](Cc1ccccc1)NC(=O)CSc1nc2ccccc2s1. The lowest BCUT2D eigenvalue weighted by molar-refractivity contribution is -0.125. The van der Waals surface area contributed by atoms with Crippen molar-refractivity contribution in [2.45, 2.75) is 23.7 Å². The molecule has 0 bridgehead atoms. The molecule has 1 heterocycles. The van der Waals surface area contributed by atoms with E-state index in [-0.39, 0.29) is 17.4 Å². The minimum absolute atomic E-state index is 0.0396. The van der Waals surface area contributed by atoms with Crippen LogP contribution in [0.1, 0.15) is 12.5 Å². The number of amides is 1. The second-order valence-corrected chi connectivity index (χ2v) is 7.91. The summed E-state index contributed by atoms with van der Waals surface area (Å²) in [7, 11) is 0. The van der Waals surface area contributed by atoms with Gasteiger partial charge >= 0.3 is 0 Å². The molecule has 0 saturated heterocycles. The van der Waals surface area contributed by atoms with Crippen LogP contribution in [-0.4, -0.2) is 28.5 Å². The summed E-state index contributed by atoms with van der Waals surface area (Å²) in [5.41, 5.74) is 1.97. The number of thiazole rings is 1. The zero-order chi connectivity index (χ0) is 17.6. The number of para-hydroxylation sites is 1. The standard InChI is InChI=1S/C19H18N2O2S2/c1-13(22)16(11-14-7-3-2-4-8-14)20-18(23)12-24-19-21-15-9-5-6-10-17(15)25-19/h2-10,16H,11-12H2,1H3,(H,20,23)/t16-/m0/s1. The highest BCUT2D eigenvalue weighted by molar-refractivity contribution is 8.01. The Bertz CT molecular complexity index is 844. The first-order valence-electron chi connectivity index (χ1n) is 7.94. The third kappa shape index (κ3) is 4.90. The highest BCUT2D eigenvalue weighted by atomic mass is 32.2. The number of hydrogen-bond donors (Lipinski definition) is 1. The highest BCUT2D eigenvalue weighted by Gasteiger charge is 2.18. The number of rotatable bonds is 7. The Kier molecular flexibility index (Phi) is 5.83. The van der Waals surface area contributed by atoms with Crippen LogP contribution in [0.2, 0.25) is 0 Å². The monoisotopic (exact) mass is 370 g/mol. The fourth-order valence-corrected chi connectivity index (χ4v) is 4.30. The topological polar surface area (TPSA) is 59.1 Å². The largest absolute Gasteiger partial charge is 0.345 e. The number of nitrogens with zero attached hydrogens (tertiary/aromatic N) is 1. The van der Waals surface area contributed by atoms with Crippen LogP contribution in [-0.2, 0) is 16.0 Å². The lowest BCUT2D eigenvalue weighted by Gasteiger charge is -2.15. The number of carbonyl (C=O) groups is 2. The van der Waals surface area contributed by atoms with Gasteiger partial charge in [-0.1, -0.05) is 54.2 Å². The number of carbonyl (C=O) groups excluding carboxylic acids is 2. The zero-order valence-corrected chi connectivity index (χ0v) is 15.4. The van der Waals surface area contributed by atoms with Gasteiger partial charge in [0.2, 0.25) is 5.91 Å². The van der Waals surface area contributed by atoms with E-state index in [1.54, 1.807) is 11.3 Å². The minimum atomic E-state index is -0.495. The second kappa shape index (κ2) is 8.27. The molecule has 3 rings (SSSR count). The average molecular weight is 370 g/mol. The summed E-state index contributed by atoms with van der Waals surface area (Å²) in [6.45, 7) is 1.51. The van der Waals surface area contributed by atoms with Crippen molar-refractivity contribution in [2.24, 2.45) is 0 Å². The summed E-state index contributed by atoms with van der Waals surface area (Å²) in [6.07, 6.45) is 0.508. The molecule has 128 valence electrons. The molecule has 2 aromatic carbocycles. The first kappa shape index (κ1) is 17.6. The number of fused-ring (bicyclic) bond motifs is 1. The first-order valence-corrected chi connectivity index (χ1v) is 9.74. The van der Waals surface area contributed by atoms with E-state index >= 15 is 0 Å². The first-order chi connectivity index (χ1) is 12.1. The van der Waals surface area contributed by atoms with Crippen LogP contribution in [0.5, 0.6) is 0 Å². The summed E-state index contributed by atoms with van der Waals surface area (Å²) in [5, 5.41) is 2.84. The van der Waals surface area contributed by atoms with Crippen LogP contribution in [0.3, 0.4) is 0 Å². The van der Waals surface area contributed by atoms with Gasteiger partial charge in [0.15, 0.2) is 10.1 Å². The lowest BCUT2D eigenvalue weighted by atomic mass is 10.0. The van der Waals surface area contributed by atoms with E-state index in [9.17, 15) is 9.59 Å². The number of benzene rings is 2. The Morgan fingerprint density at radius 2 is 1.84 bits per heavy atom. The van der Waals surface area contributed by atoms with Crippen LogP contribution < -0.4 is 5.32 Å². The van der Waals surface area contributed by atoms with E-state index in [2.05, 4.69) is 10.3 Å². The van der Waals surface area contributed by atoms with Gasteiger partial charge in [-0.15, -0.1) is 11.3 Å². The molecule has 6 heteroatoms. The van der Waals surface area contributed by atoms with E-state index < -0.39 is 6.04 Å². The van der Waals surface area contributed by atoms with E-state index in [1.807, 2.05) is 54.6 Å². The summed E-state index contributed by atoms with van der Waals surface area (Å²) < 4.78 is 1.97. The van der Waals surface area contributed by atoms with Crippen molar-refractivity contribution in [3.05, 3.63) is 60.2 Å². The van der Waals surface area contributed by atoms with Crippen molar-refractivity contribution >= 4 is 45.0 Å². The fraction of sp³-hybridized carbons (Fsp3) is 0.211. The van der Waals surface area contributed by atoms with Crippen molar-refractivity contribution in [3.8, 4) is 0 Å². The molecule has 0 radical (unpaired) electrons. The molecule has 25 heavy (non-hydrogen) atoms. The van der Waals surface area contributed by atoms with Gasteiger partial charge in [0.25, 0.3) is 0 Å². The third-order valence-corrected chi connectivity index (χ3v) is 5.89. The van der Waals surface area contributed by atoms with Gasteiger partial charge in [-0.25, -0.2) is 4.98 Å². The summed E-state index contributed by atoms with van der Waals surface area (Å²) in [5.74, 6) is 0.0563. The second-order valence-electron chi connectivity index (χ2n) is 5.66. The number of ketones is 1. The Morgan fingerprint density at radius 1 is 1.12 bits per heavy atom. The molecule has 3 aromatic rings. The summed E-state index contributed by atoms with van der Waals surface area (Å²) in [6, 6.07) is 17.1. The summed E-state index contributed by atoms with van der Waals surface area (Å²) >= 11 is 2.97. The molecule has 1 amide bonds. The molecule has 0 fully saturated rings. The van der Waals surface area contributed by atoms with Gasteiger partial charge in [-0.05, 0) is 31.0 Å². The number of nitrogens with one attached hydrogen (secondary N) is 1. The molecular weight excluding hydrogens is 352 g/mol. The fourth-order valence-electron chi connectivity index (χ4n) is 2.42. The minimum Gasteiger partial charge on any atom is -0.345 e. The third-order valence-electron chi connectivity index (χ3n) is 3.71.